The summed E-state index contributed by atoms with van der Waals surface area (Å²) < 4.78 is 10.1. The topological polar surface area (TPSA) is 111 Å². The minimum Gasteiger partial charge on any atom is -0.480 e. The molecule has 2 unspecified atom stereocenters. The Morgan fingerprint density at radius 1 is 1.48 bits per heavy atom. The van der Waals surface area contributed by atoms with Crippen LogP contribution in [0.3, 0.4) is 0 Å². The Morgan fingerprint density at radius 2 is 2.29 bits per heavy atom. The van der Waals surface area contributed by atoms with Crippen LogP contribution in [0, 0.1) is 5.92 Å². The van der Waals surface area contributed by atoms with E-state index in [0.29, 0.717) is 19.6 Å². The number of carboxylic acid groups (broad SMARTS) is 1. The molecule has 2 N–H and O–H groups in total. The molecule has 0 bridgehead atoms. The van der Waals surface area contributed by atoms with Gasteiger partial charge in [0.15, 0.2) is 5.69 Å². The van der Waals surface area contributed by atoms with Gasteiger partial charge in [-0.05, 0) is 18.9 Å². The summed E-state index contributed by atoms with van der Waals surface area (Å²) in [5, 5.41) is 19.1. The number of nitrogens with zero attached hydrogens (tertiary/aromatic N) is 2. The molecule has 0 aliphatic carbocycles. The number of aromatic nitrogens is 2. The van der Waals surface area contributed by atoms with E-state index in [4.69, 9.17) is 9.47 Å². The molecular formula is C13H17N3O5. The van der Waals surface area contributed by atoms with Crippen LogP contribution >= 0.6 is 0 Å². The van der Waals surface area contributed by atoms with Gasteiger partial charge in [-0.2, -0.15) is 0 Å². The van der Waals surface area contributed by atoms with Gasteiger partial charge in [0.2, 0.25) is 5.88 Å². The second-order valence-electron chi connectivity index (χ2n) is 4.73. The average Bonchev–Trinajstić information content (AvgIpc) is 2.53. The zero-order valence-corrected chi connectivity index (χ0v) is 11.6. The summed E-state index contributed by atoms with van der Waals surface area (Å²) in [7, 11) is 1.44. The first-order chi connectivity index (χ1) is 10.1. The van der Waals surface area contributed by atoms with Crippen molar-refractivity contribution < 1.29 is 24.2 Å². The van der Waals surface area contributed by atoms with E-state index in [2.05, 4.69) is 15.5 Å². The predicted octanol–water partition coefficient (Wildman–Crippen LogP) is 0.0948. The Bertz CT molecular complexity index is 499. The Kier molecular flexibility index (Phi) is 5.04. The van der Waals surface area contributed by atoms with Crippen LogP contribution in [0.4, 0.5) is 0 Å². The number of hydrogen-bond acceptors (Lipinski definition) is 6. The highest BCUT2D eigenvalue weighted by molar-refractivity contribution is 5.94. The van der Waals surface area contributed by atoms with Crippen LogP contribution in [0.15, 0.2) is 12.1 Å². The van der Waals surface area contributed by atoms with Crippen molar-refractivity contribution in [2.24, 2.45) is 5.92 Å². The van der Waals surface area contributed by atoms with Crippen molar-refractivity contribution >= 4 is 11.9 Å². The monoisotopic (exact) mass is 295 g/mol. The molecular weight excluding hydrogens is 278 g/mol. The van der Waals surface area contributed by atoms with Crippen LogP contribution < -0.4 is 10.1 Å². The summed E-state index contributed by atoms with van der Waals surface area (Å²) in [4.78, 5) is 23.4. The van der Waals surface area contributed by atoms with Crippen LogP contribution in [0.1, 0.15) is 23.3 Å². The van der Waals surface area contributed by atoms with Crippen molar-refractivity contribution in [3.63, 3.8) is 0 Å². The highest BCUT2D eigenvalue weighted by atomic mass is 16.5. The van der Waals surface area contributed by atoms with Crippen molar-refractivity contribution in [2.75, 3.05) is 20.3 Å². The molecule has 1 saturated heterocycles. The molecule has 0 radical (unpaired) electrons. The molecule has 8 nitrogen and oxygen atoms in total. The zero-order chi connectivity index (χ0) is 15.2. The SMILES string of the molecule is COc1ccc(C(=O)NC(C(=O)O)C2CCCOC2)nn1. The number of methoxy groups -OCH3 is 1. The maximum atomic E-state index is 12.0. The number of hydrogen-bond donors (Lipinski definition) is 2. The summed E-state index contributed by atoms with van der Waals surface area (Å²) in [5.74, 6) is -1.63. The maximum absolute atomic E-state index is 12.0. The fraction of sp³-hybridized carbons (Fsp3) is 0.538. The Hall–Kier alpha value is -2.22. The summed E-state index contributed by atoms with van der Waals surface area (Å²) in [6.45, 7) is 0.951. The molecule has 8 heteroatoms. The molecule has 1 aromatic heterocycles. The number of aliphatic carboxylic acids is 1. The van der Waals surface area contributed by atoms with E-state index in [9.17, 15) is 14.7 Å². The highest BCUT2D eigenvalue weighted by Crippen LogP contribution is 2.18. The van der Waals surface area contributed by atoms with E-state index in [0.717, 1.165) is 6.42 Å². The minimum absolute atomic E-state index is 0.0405. The normalized spacial score (nSPS) is 19.6. The Balaban J connectivity index is 2.04. The van der Waals surface area contributed by atoms with Crippen molar-refractivity contribution in [3.8, 4) is 5.88 Å². The second kappa shape index (κ2) is 6.98. The number of carbonyl (C=O) groups excluding carboxylic acids is 1. The van der Waals surface area contributed by atoms with Crippen LogP contribution in [0.25, 0.3) is 0 Å². The van der Waals surface area contributed by atoms with E-state index in [-0.39, 0.29) is 17.5 Å². The first kappa shape index (κ1) is 15.2. The lowest BCUT2D eigenvalue weighted by atomic mass is 9.93. The van der Waals surface area contributed by atoms with Crippen molar-refractivity contribution in [3.05, 3.63) is 17.8 Å². The number of nitrogens with one attached hydrogen (secondary N) is 1. The van der Waals surface area contributed by atoms with Crippen molar-refractivity contribution in [1.82, 2.24) is 15.5 Å². The summed E-state index contributed by atoms with van der Waals surface area (Å²) >= 11 is 0. The molecule has 1 aliphatic heterocycles. The van der Waals surface area contributed by atoms with Gasteiger partial charge in [0.25, 0.3) is 5.91 Å². The number of rotatable bonds is 5. The maximum Gasteiger partial charge on any atom is 0.326 e. The van der Waals surface area contributed by atoms with Gasteiger partial charge in [-0.15, -0.1) is 10.2 Å². The summed E-state index contributed by atoms with van der Waals surface area (Å²) in [6, 6.07) is 1.92. The van der Waals surface area contributed by atoms with Crippen molar-refractivity contribution in [2.45, 2.75) is 18.9 Å². The van der Waals surface area contributed by atoms with Gasteiger partial charge in [-0.25, -0.2) is 4.79 Å². The third kappa shape index (κ3) is 3.88. The molecule has 1 aliphatic rings. The Morgan fingerprint density at radius 3 is 2.81 bits per heavy atom. The molecule has 1 aromatic rings. The number of ether oxygens (including phenoxy) is 2. The molecule has 114 valence electrons. The molecule has 0 spiro atoms. The van der Waals surface area contributed by atoms with Crippen LogP contribution in [0.5, 0.6) is 5.88 Å². The fourth-order valence-corrected chi connectivity index (χ4v) is 2.17. The lowest BCUT2D eigenvalue weighted by Gasteiger charge is -2.27. The first-order valence-corrected chi connectivity index (χ1v) is 6.61. The molecule has 2 atom stereocenters. The number of carboxylic acids is 1. The van der Waals surface area contributed by atoms with E-state index >= 15 is 0 Å². The first-order valence-electron chi connectivity index (χ1n) is 6.61. The molecule has 1 fully saturated rings. The van der Waals surface area contributed by atoms with Gasteiger partial charge in [-0.3, -0.25) is 4.79 Å². The van der Waals surface area contributed by atoms with Gasteiger partial charge in [0, 0.05) is 18.6 Å². The largest absolute Gasteiger partial charge is 0.480 e. The smallest absolute Gasteiger partial charge is 0.326 e. The van der Waals surface area contributed by atoms with Crippen LogP contribution in [-0.2, 0) is 9.53 Å². The lowest BCUT2D eigenvalue weighted by Crippen LogP contribution is -2.48. The van der Waals surface area contributed by atoms with Crippen molar-refractivity contribution in [1.29, 1.82) is 0 Å². The van der Waals surface area contributed by atoms with Crippen LogP contribution in [0.2, 0.25) is 0 Å². The third-order valence-corrected chi connectivity index (χ3v) is 3.30. The fourth-order valence-electron chi connectivity index (χ4n) is 2.17. The van der Waals surface area contributed by atoms with Gasteiger partial charge < -0.3 is 19.9 Å². The van der Waals surface area contributed by atoms with E-state index < -0.39 is 17.9 Å². The predicted molar refractivity (Wildman–Crippen MR) is 71.0 cm³/mol. The molecule has 21 heavy (non-hydrogen) atoms. The van der Waals surface area contributed by atoms with Gasteiger partial charge >= 0.3 is 5.97 Å². The molecule has 0 aromatic carbocycles. The van der Waals surface area contributed by atoms with Crippen LogP contribution in [-0.4, -0.2) is 53.5 Å². The number of carbonyl (C=O) groups is 2. The molecule has 0 saturated carbocycles. The lowest BCUT2D eigenvalue weighted by molar-refractivity contribution is -0.142. The quantitative estimate of drug-likeness (QED) is 0.792. The Labute approximate surface area is 121 Å². The summed E-state index contributed by atoms with van der Waals surface area (Å²) in [6.07, 6.45) is 1.48. The van der Waals surface area contributed by atoms with Gasteiger partial charge in [-0.1, -0.05) is 0 Å². The summed E-state index contributed by atoms with van der Waals surface area (Å²) in [5.41, 5.74) is 0.0405. The second-order valence-corrected chi connectivity index (χ2v) is 4.73. The van der Waals surface area contributed by atoms with E-state index in [1.54, 1.807) is 0 Å². The molecule has 2 heterocycles. The van der Waals surface area contributed by atoms with Gasteiger partial charge in [0.05, 0.1) is 13.7 Å². The minimum atomic E-state index is -1.08. The highest BCUT2D eigenvalue weighted by Gasteiger charge is 2.31. The standard InChI is InChI=1S/C13H17N3O5/c1-20-10-5-4-9(15-16-10)12(17)14-11(13(18)19)8-3-2-6-21-7-8/h4-5,8,11H,2-3,6-7H2,1H3,(H,14,17)(H,18,19). The van der Waals surface area contributed by atoms with Gasteiger partial charge in [0.1, 0.15) is 6.04 Å². The van der Waals surface area contributed by atoms with E-state index in [1.165, 1.54) is 19.2 Å². The third-order valence-electron chi connectivity index (χ3n) is 3.30. The molecule has 2 rings (SSSR count). The average molecular weight is 295 g/mol. The van der Waals surface area contributed by atoms with E-state index in [1.807, 2.05) is 0 Å². The molecule has 1 amide bonds. The number of amides is 1. The zero-order valence-electron chi connectivity index (χ0n) is 11.6.